The third-order valence-corrected chi connectivity index (χ3v) is 1.94. The summed E-state index contributed by atoms with van der Waals surface area (Å²) in [5.41, 5.74) is 1.06. The van der Waals surface area contributed by atoms with Gasteiger partial charge < -0.3 is 14.8 Å². The van der Waals surface area contributed by atoms with Crippen LogP contribution in [0.2, 0.25) is 0 Å². The molecule has 0 radical (unpaired) electrons. The number of esters is 1. The highest BCUT2D eigenvalue weighted by molar-refractivity contribution is 6.01. The molecule has 0 saturated heterocycles. The van der Waals surface area contributed by atoms with E-state index in [2.05, 4.69) is 11.9 Å². The van der Waals surface area contributed by atoms with Crippen LogP contribution in [-0.4, -0.2) is 13.1 Å². The van der Waals surface area contributed by atoms with Gasteiger partial charge >= 0.3 is 5.97 Å². The Labute approximate surface area is 81.1 Å². The summed E-state index contributed by atoms with van der Waals surface area (Å²) in [6.07, 6.45) is 0. The lowest BCUT2D eigenvalue weighted by Gasteiger charge is -2.20. The van der Waals surface area contributed by atoms with Gasteiger partial charge in [0.15, 0.2) is 5.88 Å². The molecule has 1 aliphatic heterocycles. The van der Waals surface area contributed by atoms with Crippen molar-refractivity contribution >= 4 is 11.7 Å². The Balaban J connectivity index is 2.58. The number of carbonyl (C=O) groups excluding carboxylic acids is 1. The monoisotopic (exact) mass is 191 g/mol. The first kappa shape index (κ1) is 8.62. The van der Waals surface area contributed by atoms with Gasteiger partial charge in [0.05, 0.1) is 12.8 Å². The maximum absolute atomic E-state index is 11.5. The predicted molar refractivity (Wildman–Crippen MR) is 51.2 cm³/mol. The van der Waals surface area contributed by atoms with Gasteiger partial charge in [-0.2, -0.15) is 0 Å². The van der Waals surface area contributed by atoms with E-state index in [1.54, 1.807) is 18.2 Å². The molecule has 0 amide bonds. The van der Waals surface area contributed by atoms with Crippen molar-refractivity contribution in [3.8, 4) is 5.75 Å². The zero-order chi connectivity index (χ0) is 10.1. The number of nitrogens with one attached hydrogen (secondary N) is 1. The second kappa shape index (κ2) is 3.06. The minimum atomic E-state index is -0.443. The van der Waals surface area contributed by atoms with E-state index in [-0.39, 0.29) is 5.88 Å². The van der Waals surface area contributed by atoms with Gasteiger partial charge in [-0.3, -0.25) is 0 Å². The smallest absolute Gasteiger partial charge is 0.350 e. The molecule has 1 aromatic rings. The molecule has 1 N–H and O–H groups in total. The van der Waals surface area contributed by atoms with Crippen LogP contribution in [0.25, 0.3) is 0 Å². The number of cyclic esters (lactones) is 1. The maximum atomic E-state index is 11.5. The summed E-state index contributed by atoms with van der Waals surface area (Å²) in [6.45, 7) is 3.52. The Morgan fingerprint density at radius 1 is 1.50 bits per heavy atom. The number of methoxy groups -OCH3 is 1. The van der Waals surface area contributed by atoms with Crippen LogP contribution in [-0.2, 0) is 4.74 Å². The van der Waals surface area contributed by atoms with Crippen molar-refractivity contribution in [2.24, 2.45) is 0 Å². The van der Waals surface area contributed by atoms with Crippen molar-refractivity contribution in [1.82, 2.24) is 0 Å². The first-order valence-corrected chi connectivity index (χ1v) is 4.07. The quantitative estimate of drug-likeness (QED) is 0.687. The van der Waals surface area contributed by atoms with Crippen molar-refractivity contribution < 1.29 is 14.3 Å². The number of anilines is 1. The van der Waals surface area contributed by atoms with Crippen LogP contribution in [0.15, 0.2) is 30.7 Å². The molecule has 0 saturated carbocycles. The number of carbonyl (C=O) groups is 1. The van der Waals surface area contributed by atoms with Crippen LogP contribution >= 0.6 is 0 Å². The van der Waals surface area contributed by atoms with Crippen LogP contribution in [0.5, 0.6) is 5.75 Å². The number of fused-ring (bicyclic) bond motifs is 1. The van der Waals surface area contributed by atoms with Crippen molar-refractivity contribution in [3.63, 3.8) is 0 Å². The molecule has 0 aliphatic carbocycles. The molecule has 0 bridgehead atoms. The zero-order valence-electron chi connectivity index (χ0n) is 7.66. The Morgan fingerprint density at radius 3 is 3.00 bits per heavy atom. The normalized spacial score (nSPS) is 14.1. The standard InChI is InChI=1S/C10H9NO3/c1-6-11-7-4-3-5-8(13-2)9(7)10(12)14-6/h3-5,11H,1H2,2H3. The van der Waals surface area contributed by atoms with Gasteiger partial charge in [-0.15, -0.1) is 0 Å². The predicted octanol–water partition coefficient (Wildman–Crippen LogP) is 1.75. The van der Waals surface area contributed by atoms with Gasteiger partial charge in [-0.05, 0) is 18.7 Å². The highest BCUT2D eigenvalue weighted by atomic mass is 16.6. The molecule has 0 atom stereocenters. The fraction of sp³-hybridized carbons (Fsp3) is 0.100. The number of ether oxygens (including phenoxy) is 2. The number of hydrogen-bond donors (Lipinski definition) is 1. The van der Waals surface area contributed by atoms with Gasteiger partial charge in [-0.25, -0.2) is 4.79 Å². The van der Waals surface area contributed by atoms with E-state index < -0.39 is 5.97 Å². The summed E-state index contributed by atoms with van der Waals surface area (Å²) < 4.78 is 9.88. The Kier molecular flexibility index (Phi) is 1.89. The van der Waals surface area contributed by atoms with Gasteiger partial charge in [0.1, 0.15) is 11.3 Å². The van der Waals surface area contributed by atoms with Gasteiger partial charge in [0.25, 0.3) is 0 Å². The lowest BCUT2D eigenvalue weighted by atomic mass is 10.1. The molecule has 0 aromatic heterocycles. The zero-order valence-corrected chi connectivity index (χ0v) is 7.66. The van der Waals surface area contributed by atoms with Crippen LogP contribution in [0.4, 0.5) is 5.69 Å². The second-order valence-electron chi connectivity index (χ2n) is 2.82. The van der Waals surface area contributed by atoms with Gasteiger partial charge in [0.2, 0.25) is 0 Å². The van der Waals surface area contributed by atoms with E-state index in [0.717, 1.165) is 0 Å². The summed E-state index contributed by atoms with van der Waals surface area (Å²) >= 11 is 0. The first-order chi connectivity index (χ1) is 6.72. The average Bonchev–Trinajstić information content (AvgIpc) is 2.16. The Morgan fingerprint density at radius 2 is 2.29 bits per heavy atom. The van der Waals surface area contributed by atoms with Crippen LogP contribution in [0.1, 0.15) is 10.4 Å². The first-order valence-electron chi connectivity index (χ1n) is 4.07. The molecular weight excluding hydrogens is 182 g/mol. The van der Waals surface area contributed by atoms with Crippen molar-refractivity contribution in [2.45, 2.75) is 0 Å². The summed E-state index contributed by atoms with van der Waals surface area (Å²) in [4.78, 5) is 11.5. The summed E-state index contributed by atoms with van der Waals surface area (Å²) in [5, 5.41) is 2.85. The summed E-state index contributed by atoms with van der Waals surface area (Å²) in [6, 6.07) is 5.26. The third-order valence-electron chi connectivity index (χ3n) is 1.94. The Bertz CT molecular complexity index is 412. The molecule has 4 nitrogen and oxygen atoms in total. The minimum absolute atomic E-state index is 0.232. The second-order valence-corrected chi connectivity index (χ2v) is 2.82. The summed E-state index contributed by atoms with van der Waals surface area (Å²) in [5.74, 6) is 0.282. The summed E-state index contributed by atoms with van der Waals surface area (Å²) in [7, 11) is 1.51. The molecule has 0 spiro atoms. The van der Waals surface area contributed by atoms with E-state index in [9.17, 15) is 4.79 Å². The molecule has 72 valence electrons. The molecule has 0 fully saturated rings. The third kappa shape index (κ3) is 1.21. The van der Waals surface area contributed by atoms with E-state index in [4.69, 9.17) is 9.47 Å². The fourth-order valence-corrected chi connectivity index (χ4v) is 1.35. The number of hydrogen-bond acceptors (Lipinski definition) is 4. The lowest BCUT2D eigenvalue weighted by molar-refractivity contribution is 0.0617. The number of benzene rings is 1. The van der Waals surface area contributed by atoms with Crippen LogP contribution < -0.4 is 10.1 Å². The molecule has 1 aliphatic rings. The topological polar surface area (TPSA) is 47.6 Å². The Hall–Kier alpha value is -1.97. The van der Waals surface area contributed by atoms with Crippen molar-refractivity contribution in [3.05, 3.63) is 36.2 Å². The average molecular weight is 191 g/mol. The minimum Gasteiger partial charge on any atom is -0.496 e. The highest BCUT2D eigenvalue weighted by Crippen LogP contribution is 2.31. The van der Waals surface area contributed by atoms with Crippen molar-refractivity contribution in [2.75, 3.05) is 12.4 Å². The van der Waals surface area contributed by atoms with Crippen LogP contribution in [0.3, 0.4) is 0 Å². The maximum Gasteiger partial charge on any atom is 0.350 e. The van der Waals surface area contributed by atoms with E-state index >= 15 is 0 Å². The van der Waals surface area contributed by atoms with E-state index in [1.807, 2.05) is 0 Å². The molecule has 14 heavy (non-hydrogen) atoms. The van der Waals surface area contributed by atoms with Gasteiger partial charge in [0, 0.05) is 0 Å². The largest absolute Gasteiger partial charge is 0.496 e. The van der Waals surface area contributed by atoms with E-state index in [1.165, 1.54) is 7.11 Å². The molecule has 2 rings (SSSR count). The molecular formula is C10H9NO3. The highest BCUT2D eigenvalue weighted by Gasteiger charge is 2.24. The lowest BCUT2D eigenvalue weighted by Crippen LogP contribution is -2.19. The molecule has 4 heteroatoms. The fourth-order valence-electron chi connectivity index (χ4n) is 1.35. The van der Waals surface area contributed by atoms with Gasteiger partial charge in [-0.1, -0.05) is 6.07 Å². The number of rotatable bonds is 1. The molecule has 1 aromatic carbocycles. The van der Waals surface area contributed by atoms with Crippen LogP contribution in [0, 0.1) is 0 Å². The molecule has 0 unspecified atom stereocenters. The van der Waals surface area contributed by atoms with E-state index in [0.29, 0.717) is 17.0 Å². The molecule has 1 heterocycles. The SMILES string of the molecule is C=C1Nc2cccc(OC)c2C(=O)O1. The van der Waals surface area contributed by atoms with Crippen molar-refractivity contribution in [1.29, 1.82) is 0 Å².